The molecule has 1 aromatic rings. The minimum Gasteiger partial charge on any atom is -0.335 e. The average Bonchev–Trinajstić information content (AvgIpc) is 2.90. The summed E-state index contributed by atoms with van der Waals surface area (Å²) in [6.07, 6.45) is 1.06. The standard InChI is InChI=1S/C11H15BrN2OS/c1-2-14(9-3-4-13-6-9)11(15)8-5-10(12)16-7-8/h5,7,9,13H,2-4,6H2,1H3. The van der Waals surface area contributed by atoms with Gasteiger partial charge in [-0.15, -0.1) is 11.3 Å². The zero-order chi connectivity index (χ0) is 11.5. The molecular weight excluding hydrogens is 288 g/mol. The predicted octanol–water partition coefficient (Wildman–Crippen LogP) is 2.33. The summed E-state index contributed by atoms with van der Waals surface area (Å²) in [6, 6.07) is 2.26. The quantitative estimate of drug-likeness (QED) is 0.929. The van der Waals surface area contributed by atoms with Crippen LogP contribution in [0.25, 0.3) is 0 Å². The third-order valence-corrected chi connectivity index (χ3v) is 4.40. The lowest BCUT2D eigenvalue weighted by Gasteiger charge is -2.26. The first kappa shape index (κ1) is 12.1. The summed E-state index contributed by atoms with van der Waals surface area (Å²) in [4.78, 5) is 14.2. The Morgan fingerprint density at radius 1 is 1.75 bits per heavy atom. The van der Waals surface area contributed by atoms with Gasteiger partial charge in [-0.2, -0.15) is 0 Å². The fourth-order valence-corrected chi connectivity index (χ4v) is 3.19. The van der Waals surface area contributed by atoms with E-state index in [1.54, 1.807) is 11.3 Å². The lowest BCUT2D eigenvalue weighted by atomic mass is 10.2. The van der Waals surface area contributed by atoms with Crippen molar-refractivity contribution in [2.45, 2.75) is 19.4 Å². The van der Waals surface area contributed by atoms with Gasteiger partial charge in [0.15, 0.2) is 0 Å². The second kappa shape index (κ2) is 5.29. The maximum Gasteiger partial charge on any atom is 0.255 e. The number of rotatable bonds is 3. The molecule has 1 aromatic heterocycles. The van der Waals surface area contributed by atoms with Gasteiger partial charge in [0, 0.05) is 24.5 Å². The molecule has 1 fully saturated rings. The monoisotopic (exact) mass is 302 g/mol. The first-order chi connectivity index (χ1) is 7.72. The summed E-state index contributed by atoms with van der Waals surface area (Å²) in [5, 5.41) is 5.21. The van der Waals surface area contributed by atoms with Crippen molar-refractivity contribution in [2.24, 2.45) is 0 Å². The Morgan fingerprint density at radius 3 is 3.06 bits per heavy atom. The number of hydrogen-bond acceptors (Lipinski definition) is 3. The summed E-state index contributed by atoms with van der Waals surface area (Å²) in [6.45, 7) is 4.75. The van der Waals surface area contributed by atoms with Gasteiger partial charge in [-0.25, -0.2) is 0 Å². The zero-order valence-electron chi connectivity index (χ0n) is 9.20. The van der Waals surface area contributed by atoms with Gasteiger partial charge in [0.05, 0.1) is 9.35 Å². The van der Waals surface area contributed by atoms with Crippen molar-refractivity contribution in [3.05, 3.63) is 20.8 Å². The molecule has 88 valence electrons. The molecule has 0 saturated carbocycles. The Labute approximate surface area is 108 Å². The predicted molar refractivity (Wildman–Crippen MR) is 70.0 cm³/mol. The molecular formula is C11H15BrN2OS. The van der Waals surface area contributed by atoms with E-state index in [2.05, 4.69) is 21.2 Å². The Kier molecular flexibility index (Phi) is 4.00. The molecule has 2 heterocycles. The molecule has 3 nitrogen and oxygen atoms in total. The highest BCUT2D eigenvalue weighted by Crippen LogP contribution is 2.23. The van der Waals surface area contributed by atoms with Crippen molar-refractivity contribution in [1.82, 2.24) is 10.2 Å². The molecule has 1 aliphatic rings. The van der Waals surface area contributed by atoms with E-state index in [9.17, 15) is 4.79 Å². The van der Waals surface area contributed by atoms with Gasteiger partial charge in [-0.1, -0.05) is 0 Å². The molecule has 0 aromatic carbocycles. The third kappa shape index (κ3) is 2.47. The number of amides is 1. The highest BCUT2D eigenvalue weighted by atomic mass is 79.9. The number of halogens is 1. The Balaban J connectivity index is 2.11. The van der Waals surface area contributed by atoms with Gasteiger partial charge >= 0.3 is 0 Å². The van der Waals surface area contributed by atoms with Crippen molar-refractivity contribution in [2.75, 3.05) is 19.6 Å². The van der Waals surface area contributed by atoms with Crippen LogP contribution >= 0.6 is 27.3 Å². The summed E-state index contributed by atoms with van der Waals surface area (Å²) >= 11 is 4.95. The van der Waals surface area contributed by atoms with Gasteiger partial charge in [-0.3, -0.25) is 4.79 Å². The van der Waals surface area contributed by atoms with Crippen LogP contribution in [-0.4, -0.2) is 36.5 Å². The first-order valence-electron chi connectivity index (χ1n) is 5.48. The Morgan fingerprint density at radius 2 is 2.56 bits per heavy atom. The summed E-state index contributed by atoms with van der Waals surface area (Å²) in [7, 11) is 0. The van der Waals surface area contributed by atoms with E-state index >= 15 is 0 Å². The van der Waals surface area contributed by atoms with E-state index in [1.807, 2.05) is 23.3 Å². The SMILES string of the molecule is CCN(C(=O)c1csc(Br)c1)C1CCNC1. The molecule has 0 aliphatic carbocycles. The topological polar surface area (TPSA) is 32.3 Å². The first-order valence-corrected chi connectivity index (χ1v) is 7.15. The minimum atomic E-state index is 0.151. The van der Waals surface area contributed by atoms with Gasteiger partial charge in [0.2, 0.25) is 0 Å². The van der Waals surface area contributed by atoms with Gasteiger partial charge in [0.1, 0.15) is 0 Å². The summed E-state index contributed by atoms with van der Waals surface area (Å²) in [5.74, 6) is 0.151. The minimum absolute atomic E-state index is 0.151. The Hall–Kier alpha value is -0.390. The van der Waals surface area contributed by atoms with E-state index in [0.717, 1.165) is 35.4 Å². The lowest BCUT2D eigenvalue weighted by molar-refractivity contribution is 0.0704. The van der Waals surface area contributed by atoms with Crippen LogP contribution in [0.2, 0.25) is 0 Å². The lowest BCUT2D eigenvalue weighted by Crippen LogP contribution is -2.41. The van der Waals surface area contributed by atoms with Crippen molar-refractivity contribution >= 4 is 33.2 Å². The fourth-order valence-electron chi connectivity index (χ4n) is 2.06. The number of likely N-dealkylation sites (N-methyl/N-ethyl adjacent to an activating group) is 1. The molecule has 1 aliphatic heterocycles. The van der Waals surface area contributed by atoms with Crippen LogP contribution in [0.15, 0.2) is 15.2 Å². The molecule has 1 atom stereocenters. The number of carbonyl (C=O) groups is 1. The largest absolute Gasteiger partial charge is 0.335 e. The van der Waals surface area contributed by atoms with E-state index in [-0.39, 0.29) is 5.91 Å². The molecule has 0 bridgehead atoms. The third-order valence-electron chi connectivity index (χ3n) is 2.89. The second-order valence-corrected chi connectivity index (χ2v) is 6.17. The number of carbonyl (C=O) groups excluding carboxylic acids is 1. The number of nitrogens with one attached hydrogen (secondary N) is 1. The van der Waals surface area contributed by atoms with E-state index in [1.165, 1.54) is 0 Å². The van der Waals surface area contributed by atoms with Crippen LogP contribution in [0.1, 0.15) is 23.7 Å². The average molecular weight is 303 g/mol. The molecule has 2 rings (SSSR count). The van der Waals surface area contributed by atoms with Crippen LogP contribution in [0.3, 0.4) is 0 Å². The maximum atomic E-state index is 12.3. The highest BCUT2D eigenvalue weighted by molar-refractivity contribution is 9.11. The van der Waals surface area contributed by atoms with Crippen molar-refractivity contribution in [3.63, 3.8) is 0 Å². The summed E-state index contributed by atoms with van der Waals surface area (Å²) in [5.41, 5.74) is 0.797. The Bertz CT molecular complexity index is 374. The molecule has 0 radical (unpaired) electrons. The van der Waals surface area contributed by atoms with Crippen LogP contribution in [-0.2, 0) is 0 Å². The van der Waals surface area contributed by atoms with E-state index in [0.29, 0.717) is 6.04 Å². The molecule has 1 amide bonds. The van der Waals surface area contributed by atoms with E-state index < -0.39 is 0 Å². The van der Waals surface area contributed by atoms with Crippen LogP contribution in [0.4, 0.5) is 0 Å². The molecule has 1 saturated heterocycles. The van der Waals surface area contributed by atoms with E-state index in [4.69, 9.17) is 0 Å². The van der Waals surface area contributed by atoms with Crippen LogP contribution in [0, 0.1) is 0 Å². The van der Waals surface area contributed by atoms with Crippen molar-refractivity contribution in [1.29, 1.82) is 0 Å². The number of nitrogens with zero attached hydrogens (tertiary/aromatic N) is 1. The van der Waals surface area contributed by atoms with Crippen LogP contribution in [0.5, 0.6) is 0 Å². The van der Waals surface area contributed by atoms with Crippen LogP contribution < -0.4 is 5.32 Å². The van der Waals surface area contributed by atoms with Crippen molar-refractivity contribution in [3.8, 4) is 0 Å². The maximum absolute atomic E-state index is 12.3. The highest BCUT2D eigenvalue weighted by Gasteiger charge is 2.26. The van der Waals surface area contributed by atoms with Gasteiger partial charge in [-0.05, 0) is 41.9 Å². The second-order valence-electron chi connectivity index (χ2n) is 3.88. The smallest absolute Gasteiger partial charge is 0.255 e. The number of hydrogen-bond donors (Lipinski definition) is 1. The molecule has 1 unspecified atom stereocenters. The number of thiophene rings is 1. The molecule has 0 spiro atoms. The molecule has 5 heteroatoms. The summed E-state index contributed by atoms with van der Waals surface area (Å²) < 4.78 is 1.01. The normalized spacial score (nSPS) is 20.0. The van der Waals surface area contributed by atoms with Gasteiger partial charge < -0.3 is 10.2 Å². The zero-order valence-corrected chi connectivity index (χ0v) is 11.6. The molecule has 1 N–H and O–H groups in total. The van der Waals surface area contributed by atoms with Crippen molar-refractivity contribution < 1.29 is 4.79 Å². The fraction of sp³-hybridized carbons (Fsp3) is 0.545. The molecule has 16 heavy (non-hydrogen) atoms. The van der Waals surface area contributed by atoms with Gasteiger partial charge in [0.25, 0.3) is 5.91 Å².